The summed E-state index contributed by atoms with van der Waals surface area (Å²) in [6.07, 6.45) is 0. The van der Waals surface area contributed by atoms with Crippen molar-refractivity contribution < 1.29 is 14.3 Å². The van der Waals surface area contributed by atoms with Crippen LogP contribution >= 0.6 is 0 Å². The number of carbonyl (C=O) groups excluding carboxylic acids is 1. The molecule has 1 aromatic heterocycles. The van der Waals surface area contributed by atoms with Crippen molar-refractivity contribution in [1.29, 1.82) is 0 Å². The Bertz CT molecular complexity index is 602. The minimum atomic E-state index is -0.687. The molecule has 92 valence electrons. The van der Waals surface area contributed by atoms with E-state index in [-0.39, 0.29) is 22.8 Å². The van der Waals surface area contributed by atoms with E-state index in [9.17, 15) is 14.3 Å². The van der Waals surface area contributed by atoms with Crippen LogP contribution in [0.15, 0.2) is 36.4 Å². The van der Waals surface area contributed by atoms with Gasteiger partial charge in [-0.2, -0.15) is 4.39 Å². The molecular formula is C12H10FN3O2. The van der Waals surface area contributed by atoms with Gasteiger partial charge in [0.05, 0.1) is 5.69 Å². The van der Waals surface area contributed by atoms with E-state index in [1.54, 1.807) is 0 Å². The Balaban J connectivity index is 2.19. The number of amides is 1. The number of phenols is 1. The van der Waals surface area contributed by atoms with Crippen LogP contribution in [-0.2, 0) is 0 Å². The van der Waals surface area contributed by atoms with Gasteiger partial charge in [0.2, 0.25) is 5.95 Å². The molecule has 0 atom stereocenters. The van der Waals surface area contributed by atoms with Crippen LogP contribution in [0, 0.1) is 5.95 Å². The number of carbonyl (C=O) groups is 1. The van der Waals surface area contributed by atoms with Crippen molar-refractivity contribution in [2.75, 3.05) is 11.1 Å². The number of benzene rings is 1. The first-order valence-electron chi connectivity index (χ1n) is 5.08. The second-order valence-electron chi connectivity index (χ2n) is 3.57. The van der Waals surface area contributed by atoms with Gasteiger partial charge in [-0.05, 0) is 30.3 Å². The number of nitrogen functional groups attached to an aromatic ring is 1. The number of phenolic OH excluding ortho intramolecular Hbond substituents is 1. The minimum absolute atomic E-state index is 0.0938. The fourth-order valence-corrected chi connectivity index (χ4v) is 1.35. The molecule has 0 saturated carbocycles. The Kier molecular flexibility index (Phi) is 3.09. The second kappa shape index (κ2) is 4.70. The standard InChI is InChI=1S/C12H10FN3O2/c13-10-2-1-3-11(15-10)16-12(18)7-4-5-8(14)9(17)6-7/h1-6,17H,14H2,(H,15,16,18). The lowest BCUT2D eigenvalue weighted by Gasteiger charge is -2.05. The van der Waals surface area contributed by atoms with Crippen molar-refractivity contribution in [3.63, 3.8) is 0 Å². The molecular weight excluding hydrogens is 237 g/mol. The molecule has 0 aliphatic rings. The lowest BCUT2D eigenvalue weighted by molar-refractivity contribution is 0.102. The van der Waals surface area contributed by atoms with Gasteiger partial charge in [0, 0.05) is 5.56 Å². The monoisotopic (exact) mass is 247 g/mol. The molecule has 6 heteroatoms. The number of halogens is 1. The lowest BCUT2D eigenvalue weighted by Crippen LogP contribution is -2.13. The van der Waals surface area contributed by atoms with E-state index in [1.165, 1.54) is 36.4 Å². The van der Waals surface area contributed by atoms with E-state index >= 15 is 0 Å². The van der Waals surface area contributed by atoms with Crippen LogP contribution < -0.4 is 11.1 Å². The number of anilines is 2. The van der Waals surface area contributed by atoms with E-state index in [1.807, 2.05) is 0 Å². The third kappa shape index (κ3) is 2.54. The summed E-state index contributed by atoms with van der Waals surface area (Å²) in [6, 6.07) is 8.14. The molecule has 1 amide bonds. The van der Waals surface area contributed by atoms with Crippen LogP contribution in [0.3, 0.4) is 0 Å². The molecule has 0 bridgehead atoms. The average molecular weight is 247 g/mol. The predicted molar refractivity (Wildman–Crippen MR) is 64.7 cm³/mol. The fraction of sp³-hybridized carbons (Fsp3) is 0. The molecule has 18 heavy (non-hydrogen) atoms. The number of pyridine rings is 1. The molecule has 0 aliphatic heterocycles. The normalized spacial score (nSPS) is 10.1. The number of aromatic hydroxyl groups is 1. The molecule has 2 rings (SSSR count). The maximum Gasteiger partial charge on any atom is 0.256 e. The molecule has 0 unspecified atom stereocenters. The summed E-state index contributed by atoms with van der Waals surface area (Å²) in [5, 5.41) is 11.8. The van der Waals surface area contributed by atoms with Gasteiger partial charge in [0.1, 0.15) is 11.6 Å². The highest BCUT2D eigenvalue weighted by Crippen LogP contribution is 2.21. The van der Waals surface area contributed by atoms with Crippen molar-refractivity contribution in [3.8, 4) is 5.75 Å². The Morgan fingerprint density at radius 3 is 2.78 bits per heavy atom. The van der Waals surface area contributed by atoms with Gasteiger partial charge in [-0.1, -0.05) is 6.07 Å². The van der Waals surface area contributed by atoms with Crippen LogP contribution in [0.2, 0.25) is 0 Å². The Morgan fingerprint density at radius 2 is 2.11 bits per heavy atom. The van der Waals surface area contributed by atoms with Gasteiger partial charge in [0.15, 0.2) is 0 Å². The maximum atomic E-state index is 12.8. The number of nitrogens with zero attached hydrogens (tertiary/aromatic N) is 1. The summed E-state index contributed by atoms with van der Waals surface area (Å²) in [5.41, 5.74) is 5.80. The van der Waals surface area contributed by atoms with Crippen molar-refractivity contribution >= 4 is 17.4 Å². The van der Waals surface area contributed by atoms with Crippen LogP contribution in [0.4, 0.5) is 15.9 Å². The zero-order chi connectivity index (χ0) is 13.1. The highest BCUT2D eigenvalue weighted by Gasteiger charge is 2.09. The SMILES string of the molecule is Nc1ccc(C(=O)Nc2cccc(F)n2)cc1O. The summed E-state index contributed by atoms with van der Waals surface area (Å²) in [5.74, 6) is -1.29. The zero-order valence-electron chi connectivity index (χ0n) is 9.22. The van der Waals surface area contributed by atoms with Crippen LogP contribution in [0.1, 0.15) is 10.4 Å². The molecule has 1 heterocycles. The highest BCUT2D eigenvalue weighted by molar-refractivity contribution is 6.04. The smallest absolute Gasteiger partial charge is 0.256 e. The molecule has 0 radical (unpaired) electrons. The maximum absolute atomic E-state index is 12.8. The molecule has 0 spiro atoms. The van der Waals surface area contributed by atoms with Crippen LogP contribution in [-0.4, -0.2) is 16.0 Å². The quantitative estimate of drug-likeness (QED) is 0.428. The Hall–Kier alpha value is -2.63. The van der Waals surface area contributed by atoms with E-state index in [4.69, 9.17) is 5.73 Å². The van der Waals surface area contributed by atoms with E-state index in [0.29, 0.717) is 0 Å². The Morgan fingerprint density at radius 1 is 1.33 bits per heavy atom. The number of hydrogen-bond acceptors (Lipinski definition) is 4. The average Bonchev–Trinajstić information content (AvgIpc) is 2.32. The third-order valence-corrected chi connectivity index (χ3v) is 2.25. The van der Waals surface area contributed by atoms with Gasteiger partial charge >= 0.3 is 0 Å². The van der Waals surface area contributed by atoms with Gasteiger partial charge in [0.25, 0.3) is 5.91 Å². The predicted octanol–water partition coefficient (Wildman–Crippen LogP) is 1.76. The van der Waals surface area contributed by atoms with E-state index in [0.717, 1.165) is 0 Å². The fourth-order valence-electron chi connectivity index (χ4n) is 1.35. The molecule has 5 nitrogen and oxygen atoms in total. The van der Waals surface area contributed by atoms with Gasteiger partial charge in [-0.3, -0.25) is 4.79 Å². The first-order chi connectivity index (χ1) is 8.56. The number of hydrogen-bond donors (Lipinski definition) is 3. The summed E-state index contributed by atoms with van der Waals surface area (Å²) in [7, 11) is 0. The number of nitrogens with two attached hydrogens (primary N) is 1. The second-order valence-corrected chi connectivity index (χ2v) is 3.57. The molecule has 4 N–H and O–H groups in total. The highest BCUT2D eigenvalue weighted by atomic mass is 19.1. The third-order valence-electron chi connectivity index (χ3n) is 2.25. The van der Waals surface area contributed by atoms with Gasteiger partial charge in [-0.15, -0.1) is 0 Å². The van der Waals surface area contributed by atoms with Crippen molar-refractivity contribution in [3.05, 3.63) is 47.9 Å². The molecule has 0 fully saturated rings. The van der Waals surface area contributed by atoms with E-state index in [2.05, 4.69) is 10.3 Å². The molecule has 1 aromatic carbocycles. The summed E-state index contributed by atoms with van der Waals surface area (Å²) in [6.45, 7) is 0. The van der Waals surface area contributed by atoms with Crippen LogP contribution in [0.25, 0.3) is 0 Å². The number of aromatic nitrogens is 1. The van der Waals surface area contributed by atoms with Crippen LogP contribution in [0.5, 0.6) is 5.75 Å². The topological polar surface area (TPSA) is 88.2 Å². The van der Waals surface area contributed by atoms with Crippen molar-refractivity contribution in [2.45, 2.75) is 0 Å². The largest absolute Gasteiger partial charge is 0.506 e. The molecule has 0 saturated heterocycles. The number of rotatable bonds is 2. The van der Waals surface area contributed by atoms with Crippen molar-refractivity contribution in [1.82, 2.24) is 4.98 Å². The summed E-state index contributed by atoms with van der Waals surface area (Å²) in [4.78, 5) is 15.3. The number of nitrogens with one attached hydrogen (secondary N) is 1. The summed E-state index contributed by atoms with van der Waals surface area (Å²) >= 11 is 0. The lowest BCUT2D eigenvalue weighted by atomic mass is 10.2. The van der Waals surface area contributed by atoms with Crippen molar-refractivity contribution in [2.24, 2.45) is 0 Å². The zero-order valence-corrected chi connectivity index (χ0v) is 9.22. The first-order valence-corrected chi connectivity index (χ1v) is 5.08. The molecule has 0 aliphatic carbocycles. The van der Waals surface area contributed by atoms with E-state index < -0.39 is 11.9 Å². The van der Waals surface area contributed by atoms with Gasteiger partial charge in [-0.25, -0.2) is 4.98 Å². The minimum Gasteiger partial charge on any atom is -0.506 e. The molecule has 2 aromatic rings. The Labute approximate surface area is 102 Å². The summed E-state index contributed by atoms with van der Waals surface area (Å²) < 4.78 is 12.8. The first kappa shape index (κ1) is 11.8. The van der Waals surface area contributed by atoms with Gasteiger partial charge < -0.3 is 16.2 Å².